The second-order valence-corrected chi connectivity index (χ2v) is 5.14. The summed E-state index contributed by atoms with van der Waals surface area (Å²) in [5.74, 6) is -0.666. The molecule has 18 heavy (non-hydrogen) atoms. The molecule has 2 N–H and O–H groups in total. The summed E-state index contributed by atoms with van der Waals surface area (Å²) >= 11 is 0. The Bertz CT molecular complexity index is 286. The zero-order valence-electron chi connectivity index (χ0n) is 11.3. The molecule has 5 nitrogen and oxygen atoms in total. The summed E-state index contributed by atoms with van der Waals surface area (Å²) in [4.78, 5) is 24.2. The first-order chi connectivity index (χ1) is 8.54. The number of piperidine rings is 1. The third-order valence-electron chi connectivity index (χ3n) is 3.58. The van der Waals surface area contributed by atoms with Crippen LogP contribution < -0.4 is 5.32 Å². The predicted octanol–water partition coefficient (Wildman–Crippen LogP) is 1.93. The minimum absolute atomic E-state index is 0.127. The van der Waals surface area contributed by atoms with Crippen LogP contribution in [0, 0.1) is 11.8 Å². The number of hydrogen-bond donors (Lipinski definition) is 2. The van der Waals surface area contributed by atoms with Gasteiger partial charge in [0, 0.05) is 19.6 Å². The van der Waals surface area contributed by atoms with Crippen molar-refractivity contribution in [2.24, 2.45) is 11.8 Å². The molecule has 0 aromatic rings. The Balaban J connectivity index is 2.25. The van der Waals surface area contributed by atoms with Gasteiger partial charge >= 0.3 is 12.0 Å². The van der Waals surface area contributed by atoms with Crippen LogP contribution in [0.1, 0.15) is 39.5 Å². The lowest BCUT2D eigenvalue weighted by Crippen LogP contribution is -2.46. The van der Waals surface area contributed by atoms with Gasteiger partial charge in [-0.15, -0.1) is 0 Å². The molecule has 1 aliphatic heterocycles. The highest BCUT2D eigenvalue weighted by molar-refractivity contribution is 5.76. The third kappa shape index (κ3) is 4.55. The molecule has 1 saturated heterocycles. The van der Waals surface area contributed by atoms with Crippen LogP contribution in [-0.4, -0.2) is 41.6 Å². The number of nitrogens with one attached hydrogen (secondary N) is 1. The number of carbonyl (C=O) groups is 2. The number of urea groups is 1. The lowest BCUT2D eigenvalue weighted by molar-refractivity contribution is -0.140. The highest BCUT2D eigenvalue weighted by Crippen LogP contribution is 2.21. The van der Waals surface area contributed by atoms with Crippen LogP contribution in [0.25, 0.3) is 0 Å². The molecule has 5 heteroatoms. The summed E-state index contributed by atoms with van der Waals surface area (Å²) in [6, 6.07) is -0.127. The molecule has 1 rings (SSSR count). The summed E-state index contributed by atoms with van der Waals surface area (Å²) < 4.78 is 0. The predicted molar refractivity (Wildman–Crippen MR) is 69.4 cm³/mol. The quantitative estimate of drug-likeness (QED) is 0.789. The molecule has 0 aromatic carbocycles. The van der Waals surface area contributed by atoms with Crippen molar-refractivity contribution in [1.82, 2.24) is 10.2 Å². The molecule has 0 spiro atoms. The SMILES string of the molecule is CCCC1CCN(C(=O)NCC(C)C(=O)O)CC1. The molecule has 0 aromatic heterocycles. The number of hydrogen-bond acceptors (Lipinski definition) is 2. The second-order valence-electron chi connectivity index (χ2n) is 5.14. The van der Waals surface area contributed by atoms with E-state index in [9.17, 15) is 9.59 Å². The number of carboxylic acid groups (broad SMARTS) is 1. The maximum Gasteiger partial charge on any atom is 0.317 e. The van der Waals surface area contributed by atoms with Crippen molar-refractivity contribution in [2.75, 3.05) is 19.6 Å². The topological polar surface area (TPSA) is 69.6 Å². The Morgan fingerprint density at radius 3 is 2.50 bits per heavy atom. The van der Waals surface area contributed by atoms with Gasteiger partial charge in [0.1, 0.15) is 0 Å². The first-order valence-electron chi connectivity index (χ1n) is 6.80. The first-order valence-corrected chi connectivity index (χ1v) is 6.80. The van der Waals surface area contributed by atoms with E-state index >= 15 is 0 Å². The molecule has 1 atom stereocenters. The van der Waals surface area contributed by atoms with E-state index in [1.165, 1.54) is 12.8 Å². The van der Waals surface area contributed by atoms with Gasteiger partial charge in [-0.1, -0.05) is 26.7 Å². The van der Waals surface area contributed by atoms with Crippen molar-refractivity contribution in [3.63, 3.8) is 0 Å². The van der Waals surface area contributed by atoms with Gasteiger partial charge in [-0.3, -0.25) is 4.79 Å². The smallest absolute Gasteiger partial charge is 0.317 e. The second kappa shape index (κ2) is 7.24. The molecule has 1 fully saturated rings. The molecule has 104 valence electrons. The lowest BCUT2D eigenvalue weighted by atomic mass is 9.93. The fraction of sp³-hybridized carbons (Fsp3) is 0.846. The summed E-state index contributed by atoms with van der Waals surface area (Å²) in [6.07, 6.45) is 4.57. The van der Waals surface area contributed by atoms with Crippen LogP contribution in [0.4, 0.5) is 4.79 Å². The molecule has 2 amide bonds. The van der Waals surface area contributed by atoms with Crippen LogP contribution in [0.3, 0.4) is 0 Å². The van der Waals surface area contributed by atoms with Gasteiger partial charge in [0.2, 0.25) is 0 Å². The minimum Gasteiger partial charge on any atom is -0.481 e. The van der Waals surface area contributed by atoms with Crippen LogP contribution in [0.15, 0.2) is 0 Å². The highest BCUT2D eigenvalue weighted by atomic mass is 16.4. The van der Waals surface area contributed by atoms with Crippen molar-refractivity contribution in [2.45, 2.75) is 39.5 Å². The number of aliphatic carboxylic acids is 1. The molecule has 1 unspecified atom stereocenters. The van der Waals surface area contributed by atoms with Crippen molar-refractivity contribution >= 4 is 12.0 Å². The van der Waals surface area contributed by atoms with Gasteiger partial charge in [0.05, 0.1) is 5.92 Å². The molecule has 0 aliphatic carbocycles. The van der Waals surface area contributed by atoms with Gasteiger partial charge in [0.15, 0.2) is 0 Å². The van der Waals surface area contributed by atoms with E-state index < -0.39 is 11.9 Å². The van der Waals surface area contributed by atoms with E-state index in [1.807, 2.05) is 0 Å². The fourth-order valence-corrected chi connectivity index (χ4v) is 2.27. The number of amides is 2. The Kier molecular flexibility index (Phi) is 5.95. The standard InChI is InChI=1S/C13H24N2O3/c1-3-4-11-5-7-15(8-6-11)13(18)14-9-10(2)12(16)17/h10-11H,3-9H2,1-2H3,(H,14,18)(H,16,17). The van der Waals surface area contributed by atoms with Crippen molar-refractivity contribution in [3.8, 4) is 0 Å². The number of carboxylic acids is 1. The average molecular weight is 256 g/mol. The lowest BCUT2D eigenvalue weighted by Gasteiger charge is -2.32. The van der Waals surface area contributed by atoms with Gasteiger partial charge in [0.25, 0.3) is 0 Å². The maximum absolute atomic E-state index is 11.8. The van der Waals surface area contributed by atoms with E-state index in [0.29, 0.717) is 0 Å². The van der Waals surface area contributed by atoms with Gasteiger partial charge in [-0.2, -0.15) is 0 Å². The number of likely N-dealkylation sites (tertiary alicyclic amines) is 1. The first kappa shape index (κ1) is 14.8. The van der Waals surface area contributed by atoms with Gasteiger partial charge in [-0.05, 0) is 18.8 Å². The molecule has 0 saturated carbocycles. The van der Waals surface area contributed by atoms with E-state index in [0.717, 1.165) is 31.8 Å². The fourth-order valence-electron chi connectivity index (χ4n) is 2.27. The van der Waals surface area contributed by atoms with Crippen molar-refractivity contribution < 1.29 is 14.7 Å². The van der Waals surface area contributed by atoms with Gasteiger partial charge in [-0.25, -0.2) is 4.79 Å². The molecule has 0 bridgehead atoms. The van der Waals surface area contributed by atoms with Crippen molar-refractivity contribution in [1.29, 1.82) is 0 Å². The van der Waals surface area contributed by atoms with Crippen LogP contribution >= 0.6 is 0 Å². The summed E-state index contributed by atoms with van der Waals surface area (Å²) in [5.41, 5.74) is 0. The van der Waals surface area contributed by atoms with E-state index in [2.05, 4.69) is 12.2 Å². The zero-order valence-corrected chi connectivity index (χ0v) is 11.3. The number of nitrogens with zero attached hydrogens (tertiary/aromatic N) is 1. The molecular formula is C13H24N2O3. The monoisotopic (exact) mass is 256 g/mol. The summed E-state index contributed by atoms with van der Waals surface area (Å²) in [6.45, 7) is 5.56. The molecular weight excluding hydrogens is 232 g/mol. The Morgan fingerprint density at radius 1 is 1.39 bits per heavy atom. The van der Waals surface area contributed by atoms with Crippen LogP contribution in [0.2, 0.25) is 0 Å². The van der Waals surface area contributed by atoms with Gasteiger partial charge < -0.3 is 15.3 Å². The number of carbonyl (C=O) groups excluding carboxylic acids is 1. The molecule has 1 heterocycles. The Morgan fingerprint density at radius 2 is 2.00 bits per heavy atom. The van der Waals surface area contributed by atoms with Crippen LogP contribution in [0.5, 0.6) is 0 Å². The third-order valence-corrected chi connectivity index (χ3v) is 3.58. The number of rotatable bonds is 5. The van der Waals surface area contributed by atoms with E-state index in [1.54, 1.807) is 11.8 Å². The largest absolute Gasteiger partial charge is 0.481 e. The zero-order chi connectivity index (χ0) is 13.5. The Hall–Kier alpha value is -1.26. The normalized spacial score (nSPS) is 18.4. The van der Waals surface area contributed by atoms with Crippen LogP contribution in [-0.2, 0) is 4.79 Å². The maximum atomic E-state index is 11.8. The summed E-state index contributed by atoms with van der Waals surface area (Å²) in [5, 5.41) is 11.4. The van der Waals surface area contributed by atoms with Crippen molar-refractivity contribution in [3.05, 3.63) is 0 Å². The molecule has 0 radical (unpaired) electrons. The Labute approximate surface area is 109 Å². The van der Waals surface area contributed by atoms with E-state index in [-0.39, 0.29) is 12.6 Å². The molecule has 1 aliphatic rings. The average Bonchev–Trinajstić information content (AvgIpc) is 2.36. The minimum atomic E-state index is -0.878. The summed E-state index contributed by atoms with van der Waals surface area (Å²) in [7, 11) is 0. The highest BCUT2D eigenvalue weighted by Gasteiger charge is 2.22. The van der Waals surface area contributed by atoms with E-state index in [4.69, 9.17) is 5.11 Å².